The second kappa shape index (κ2) is 7.16. The average molecular weight is 312 g/mol. The van der Waals surface area contributed by atoms with Crippen LogP contribution in [0.3, 0.4) is 0 Å². The first-order valence-electron chi connectivity index (χ1n) is 6.51. The highest BCUT2D eigenvalue weighted by Gasteiger charge is 2.31. The van der Waals surface area contributed by atoms with Crippen LogP contribution in [-0.2, 0) is 9.59 Å². The SMILES string of the molecule is O=C(NCCC(=O)N1CCSCC1C(=O)O)c1ccco1. The summed E-state index contributed by atoms with van der Waals surface area (Å²) in [7, 11) is 0. The first-order valence-corrected chi connectivity index (χ1v) is 7.67. The van der Waals surface area contributed by atoms with E-state index in [-0.39, 0.29) is 24.6 Å². The van der Waals surface area contributed by atoms with Crippen molar-refractivity contribution in [2.24, 2.45) is 0 Å². The van der Waals surface area contributed by atoms with E-state index in [9.17, 15) is 14.4 Å². The summed E-state index contributed by atoms with van der Waals surface area (Å²) in [6.07, 6.45) is 1.46. The Bertz CT molecular complexity index is 517. The van der Waals surface area contributed by atoms with E-state index in [1.165, 1.54) is 29.0 Å². The maximum atomic E-state index is 12.1. The lowest BCUT2D eigenvalue weighted by molar-refractivity contribution is -0.149. The predicted molar refractivity (Wildman–Crippen MR) is 76.1 cm³/mol. The molecule has 0 aliphatic carbocycles. The standard InChI is InChI=1S/C13H16N2O5S/c16-11(15-5-7-21-8-9(15)13(18)19)3-4-14-12(17)10-2-1-6-20-10/h1-2,6,9H,3-5,7-8H2,(H,14,17)(H,18,19). The van der Waals surface area contributed by atoms with E-state index in [2.05, 4.69) is 5.32 Å². The molecule has 2 N–H and O–H groups in total. The topological polar surface area (TPSA) is 99.9 Å². The van der Waals surface area contributed by atoms with Crippen molar-refractivity contribution >= 4 is 29.5 Å². The molecule has 21 heavy (non-hydrogen) atoms. The molecule has 0 spiro atoms. The van der Waals surface area contributed by atoms with Crippen LogP contribution in [0.15, 0.2) is 22.8 Å². The molecule has 114 valence electrons. The molecule has 2 rings (SSSR count). The number of carbonyl (C=O) groups is 3. The number of hydrogen-bond donors (Lipinski definition) is 2. The van der Waals surface area contributed by atoms with Crippen LogP contribution < -0.4 is 5.32 Å². The van der Waals surface area contributed by atoms with Gasteiger partial charge >= 0.3 is 5.97 Å². The van der Waals surface area contributed by atoms with Gasteiger partial charge in [0.05, 0.1) is 6.26 Å². The molecular weight excluding hydrogens is 296 g/mol. The average Bonchev–Trinajstić information content (AvgIpc) is 3.01. The van der Waals surface area contributed by atoms with Crippen LogP contribution in [0, 0.1) is 0 Å². The van der Waals surface area contributed by atoms with Gasteiger partial charge in [-0.15, -0.1) is 0 Å². The molecule has 0 saturated carbocycles. The zero-order valence-corrected chi connectivity index (χ0v) is 12.1. The molecule has 1 aliphatic heterocycles. The number of nitrogens with one attached hydrogen (secondary N) is 1. The van der Waals surface area contributed by atoms with Crippen LogP contribution in [0.5, 0.6) is 0 Å². The third-order valence-electron chi connectivity index (χ3n) is 3.10. The van der Waals surface area contributed by atoms with Crippen LogP contribution in [0.2, 0.25) is 0 Å². The van der Waals surface area contributed by atoms with Crippen molar-refractivity contribution in [3.63, 3.8) is 0 Å². The number of carboxylic acid groups (broad SMARTS) is 1. The molecule has 8 heteroatoms. The molecule has 0 aromatic carbocycles. The number of hydrogen-bond acceptors (Lipinski definition) is 5. The zero-order valence-electron chi connectivity index (χ0n) is 11.3. The summed E-state index contributed by atoms with van der Waals surface area (Å²) >= 11 is 1.52. The molecule has 1 fully saturated rings. The number of thioether (sulfide) groups is 1. The van der Waals surface area contributed by atoms with E-state index in [0.29, 0.717) is 12.3 Å². The Balaban J connectivity index is 1.81. The van der Waals surface area contributed by atoms with Crippen molar-refractivity contribution < 1.29 is 23.9 Å². The number of rotatable bonds is 5. The molecule has 7 nitrogen and oxygen atoms in total. The van der Waals surface area contributed by atoms with Gasteiger partial charge in [-0.05, 0) is 12.1 Å². The van der Waals surface area contributed by atoms with Crippen molar-refractivity contribution in [2.75, 3.05) is 24.6 Å². The summed E-state index contributed by atoms with van der Waals surface area (Å²) in [6.45, 7) is 0.570. The van der Waals surface area contributed by atoms with E-state index in [0.717, 1.165) is 5.75 Å². The van der Waals surface area contributed by atoms with Gasteiger partial charge in [0.2, 0.25) is 5.91 Å². The Kier molecular flexibility index (Phi) is 5.26. The van der Waals surface area contributed by atoms with Gasteiger partial charge in [0.1, 0.15) is 6.04 Å². The first kappa shape index (κ1) is 15.4. The minimum Gasteiger partial charge on any atom is -0.480 e. The highest BCUT2D eigenvalue weighted by molar-refractivity contribution is 7.99. The van der Waals surface area contributed by atoms with Gasteiger partial charge in [-0.1, -0.05) is 0 Å². The Morgan fingerprint density at radius 2 is 2.29 bits per heavy atom. The lowest BCUT2D eigenvalue weighted by atomic mass is 10.2. The molecule has 2 heterocycles. The van der Waals surface area contributed by atoms with E-state index in [4.69, 9.17) is 9.52 Å². The molecule has 0 bridgehead atoms. The summed E-state index contributed by atoms with van der Waals surface area (Å²) in [6, 6.07) is 2.35. The highest BCUT2D eigenvalue weighted by Crippen LogP contribution is 2.17. The van der Waals surface area contributed by atoms with Crippen molar-refractivity contribution in [1.82, 2.24) is 10.2 Å². The minimum atomic E-state index is -0.991. The molecule has 0 radical (unpaired) electrons. The minimum absolute atomic E-state index is 0.0703. The van der Waals surface area contributed by atoms with E-state index >= 15 is 0 Å². The van der Waals surface area contributed by atoms with E-state index in [1.807, 2.05) is 0 Å². The third-order valence-corrected chi connectivity index (χ3v) is 4.13. The quantitative estimate of drug-likeness (QED) is 0.818. The first-order chi connectivity index (χ1) is 10.1. The summed E-state index contributed by atoms with van der Waals surface area (Å²) in [5.41, 5.74) is 0. The van der Waals surface area contributed by atoms with Gasteiger partial charge in [-0.3, -0.25) is 9.59 Å². The largest absolute Gasteiger partial charge is 0.480 e. The molecule has 1 atom stereocenters. The van der Waals surface area contributed by atoms with Crippen LogP contribution in [0.25, 0.3) is 0 Å². The van der Waals surface area contributed by atoms with E-state index in [1.54, 1.807) is 6.07 Å². The summed E-state index contributed by atoms with van der Waals surface area (Å²) in [4.78, 5) is 36.2. The Morgan fingerprint density at radius 3 is 2.95 bits per heavy atom. The lowest BCUT2D eigenvalue weighted by Crippen LogP contribution is -2.50. The fraction of sp³-hybridized carbons (Fsp3) is 0.462. The predicted octanol–water partition coefficient (Wildman–Crippen LogP) is 0.428. The normalized spacial score (nSPS) is 18.3. The Morgan fingerprint density at radius 1 is 1.48 bits per heavy atom. The summed E-state index contributed by atoms with van der Waals surface area (Å²) in [5.74, 6) is -0.330. The van der Waals surface area contributed by atoms with Gasteiger partial charge in [0, 0.05) is 31.0 Å². The molecular formula is C13H16N2O5S. The number of aliphatic carboxylic acids is 1. The smallest absolute Gasteiger partial charge is 0.327 e. The fourth-order valence-electron chi connectivity index (χ4n) is 2.03. The summed E-state index contributed by atoms with van der Waals surface area (Å²) < 4.78 is 4.93. The number of furan rings is 1. The van der Waals surface area contributed by atoms with Crippen LogP contribution >= 0.6 is 11.8 Å². The van der Waals surface area contributed by atoms with Gasteiger partial charge in [0.15, 0.2) is 5.76 Å². The number of nitrogens with zero attached hydrogens (tertiary/aromatic N) is 1. The monoisotopic (exact) mass is 312 g/mol. The highest BCUT2D eigenvalue weighted by atomic mass is 32.2. The van der Waals surface area contributed by atoms with Crippen molar-refractivity contribution in [1.29, 1.82) is 0 Å². The van der Waals surface area contributed by atoms with Crippen LogP contribution in [0.4, 0.5) is 0 Å². The van der Waals surface area contributed by atoms with Crippen molar-refractivity contribution in [3.05, 3.63) is 24.2 Å². The molecule has 1 aromatic heterocycles. The Labute approximate surface area is 125 Å². The van der Waals surface area contributed by atoms with Crippen molar-refractivity contribution in [3.8, 4) is 0 Å². The lowest BCUT2D eigenvalue weighted by Gasteiger charge is -2.32. The van der Waals surface area contributed by atoms with Crippen LogP contribution in [-0.4, -0.2) is 58.4 Å². The number of carboxylic acids is 1. The molecule has 1 unspecified atom stereocenters. The van der Waals surface area contributed by atoms with Gasteiger partial charge in [-0.25, -0.2) is 4.79 Å². The fourth-order valence-corrected chi connectivity index (χ4v) is 3.07. The van der Waals surface area contributed by atoms with Gasteiger partial charge < -0.3 is 19.7 Å². The molecule has 1 aromatic rings. The molecule has 2 amide bonds. The number of amides is 2. The second-order valence-corrected chi connectivity index (χ2v) is 5.65. The van der Waals surface area contributed by atoms with Crippen LogP contribution in [0.1, 0.15) is 17.0 Å². The molecule has 1 saturated heterocycles. The number of carbonyl (C=O) groups excluding carboxylic acids is 2. The van der Waals surface area contributed by atoms with Gasteiger partial charge in [0.25, 0.3) is 5.91 Å². The summed E-state index contributed by atoms with van der Waals surface area (Å²) in [5, 5.41) is 11.7. The second-order valence-electron chi connectivity index (χ2n) is 4.50. The zero-order chi connectivity index (χ0) is 15.2. The van der Waals surface area contributed by atoms with Gasteiger partial charge in [-0.2, -0.15) is 11.8 Å². The maximum absolute atomic E-state index is 12.1. The Hall–Kier alpha value is -1.96. The van der Waals surface area contributed by atoms with E-state index < -0.39 is 17.9 Å². The molecule has 1 aliphatic rings. The van der Waals surface area contributed by atoms with Crippen molar-refractivity contribution in [2.45, 2.75) is 12.5 Å². The third kappa shape index (κ3) is 4.01. The maximum Gasteiger partial charge on any atom is 0.327 e.